The molecule has 3 aromatic carbocycles. The Morgan fingerprint density at radius 1 is 0.739 bits per heavy atom. The first-order chi connectivity index (χ1) is 21.5. The van der Waals surface area contributed by atoms with Gasteiger partial charge in [0.2, 0.25) is 17.6 Å². The van der Waals surface area contributed by atoms with Crippen LogP contribution in [0.1, 0.15) is 48.9 Å². The van der Waals surface area contributed by atoms with Gasteiger partial charge in [0.05, 0.1) is 6.04 Å². The molecule has 0 spiro atoms. The summed E-state index contributed by atoms with van der Waals surface area (Å²) in [5.74, 6) is -12.8. The smallest absolute Gasteiger partial charge is 0.344 e. The third-order valence-corrected chi connectivity index (χ3v) is 7.31. The highest BCUT2D eigenvalue weighted by atomic mass is 35.5. The van der Waals surface area contributed by atoms with Crippen LogP contribution in [0.4, 0.5) is 22.0 Å². The second-order valence-electron chi connectivity index (χ2n) is 10.7. The predicted molar refractivity (Wildman–Crippen MR) is 162 cm³/mol. The van der Waals surface area contributed by atoms with Crippen molar-refractivity contribution in [1.29, 1.82) is 0 Å². The fourth-order valence-corrected chi connectivity index (χ4v) is 5.15. The number of benzene rings is 3. The zero-order valence-electron chi connectivity index (χ0n) is 24.5. The number of alkyl halides is 5. The van der Waals surface area contributed by atoms with Gasteiger partial charge in [-0.05, 0) is 40.8 Å². The number of rotatable bonds is 13. The molecule has 46 heavy (non-hydrogen) atoms. The molecule has 0 aromatic heterocycles. The normalized spacial score (nSPS) is 13.8. The van der Waals surface area contributed by atoms with E-state index in [0.29, 0.717) is 15.6 Å². The molecule has 0 saturated carbocycles. The first-order valence-corrected chi connectivity index (χ1v) is 14.7. The van der Waals surface area contributed by atoms with E-state index in [2.05, 4.69) is 10.6 Å². The lowest BCUT2D eigenvalue weighted by Gasteiger charge is -2.28. The Labute approximate surface area is 271 Å². The molecule has 3 N–H and O–H groups in total. The molecule has 0 bridgehead atoms. The monoisotopic (exact) mass is 685 g/mol. The lowest BCUT2D eigenvalue weighted by atomic mass is 9.88. The highest BCUT2D eigenvalue weighted by Crippen LogP contribution is 2.32. The lowest BCUT2D eigenvalue weighted by Crippen LogP contribution is -2.58. The van der Waals surface area contributed by atoms with Crippen molar-refractivity contribution >= 4 is 46.7 Å². The van der Waals surface area contributed by atoms with E-state index in [4.69, 9.17) is 23.2 Å². The molecule has 3 amide bonds. The van der Waals surface area contributed by atoms with Crippen LogP contribution in [0.5, 0.6) is 0 Å². The zero-order valence-corrected chi connectivity index (χ0v) is 26.0. The molecule has 3 aromatic rings. The average Bonchev–Trinajstić information content (AvgIpc) is 2.99. The minimum Gasteiger partial charge on any atom is -0.344 e. The molecule has 0 unspecified atom stereocenters. The molecule has 0 aliphatic heterocycles. The summed E-state index contributed by atoms with van der Waals surface area (Å²) < 4.78 is 66.9. The van der Waals surface area contributed by atoms with Crippen LogP contribution < -0.4 is 16.0 Å². The van der Waals surface area contributed by atoms with E-state index in [-0.39, 0.29) is 12.0 Å². The van der Waals surface area contributed by atoms with Crippen molar-refractivity contribution < 1.29 is 41.1 Å². The van der Waals surface area contributed by atoms with Crippen molar-refractivity contribution in [2.45, 2.75) is 50.4 Å². The maximum absolute atomic E-state index is 14.7. The molecule has 3 rings (SSSR count). The highest BCUT2D eigenvalue weighted by Gasteiger charge is 2.52. The molecule has 7 nitrogen and oxygen atoms in total. The predicted octanol–water partition coefficient (Wildman–Crippen LogP) is 6.40. The van der Waals surface area contributed by atoms with Crippen molar-refractivity contribution in [1.82, 2.24) is 16.0 Å². The van der Waals surface area contributed by atoms with Crippen molar-refractivity contribution in [2.24, 2.45) is 5.92 Å². The summed E-state index contributed by atoms with van der Waals surface area (Å²) >= 11 is 12.4. The fraction of sp³-hybridized carbons (Fsp3) is 0.312. The molecule has 14 heteroatoms. The molecule has 246 valence electrons. The number of halogens is 7. The van der Waals surface area contributed by atoms with E-state index in [1.165, 1.54) is 32.0 Å². The third-order valence-electron chi connectivity index (χ3n) is 6.87. The van der Waals surface area contributed by atoms with E-state index in [0.717, 1.165) is 10.9 Å². The van der Waals surface area contributed by atoms with Gasteiger partial charge < -0.3 is 16.0 Å². The van der Waals surface area contributed by atoms with Gasteiger partial charge in [0.1, 0.15) is 12.6 Å². The Balaban J connectivity index is 1.88. The molecule has 3 atom stereocenters. The second kappa shape index (κ2) is 15.5. The fourth-order valence-electron chi connectivity index (χ4n) is 4.61. The van der Waals surface area contributed by atoms with Gasteiger partial charge in [0, 0.05) is 22.4 Å². The van der Waals surface area contributed by atoms with Crippen LogP contribution in [0, 0.1) is 5.92 Å². The van der Waals surface area contributed by atoms with E-state index >= 15 is 0 Å². The summed E-state index contributed by atoms with van der Waals surface area (Å²) in [6.07, 6.45) is -5.21. The van der Waals surface area contributed by atoms with Crippen LogP contribution in [0.2, 0.25) is 10.0 Å². The SMILES string of the molecule is CC(C)[C@H](NC(=O)[C@@H](NC(=O)C[C@@H](c1ccccc1)c1cc(Cl)cc(Cl)c1)c1ccccc1)C(=O)C(F)(F)C(=O)NCC(F)(F)F. The third kappa shape index (κ3) is 9.98. The molecular formula is C32H30Cl2F5N3O4. The van der Waals surface area contributed by atoms with Crippen molar-refractivity contribution in [2.75, 3.05) is 6.54 Å². The summed E-state index contributed by atoms with van der Waals surface area (Å²) in [6, 6.07) is 18.0. The number of hydrogen-bond donors (Lipinski definition) is 3. The van der Waals surface area contributed by atoms with Crippen LogP contribution in [-0.4, -0.2) is 48.2 Å². The Hall–Kier alpha value is -4.03. The Morgan fingerprint density at radius 2 is 1.26 bits per heavy atom. The van der Waals surface area contributed by atoms with Gasteiger partial charge >= 0.3 is 12.1 Å². The number of carbonyl (C=O) groups is 4. The first kappa shape index (κ1) is 36.4. The molecule has 0 heterocycles. The van der Waals surface area contributed by atoms with E-state index in [1.807, 2.05) is 0 Å². The quantitative estimate of drug-likeness (QED) is 0.143. The number of nitrogens with one attached hydrogen (secondary N) is 3. The van der Waals surface area contributed by atoms with E-state index < -0.39 is 66.1 Å². The molecule has 0 aliphatic carbocycles. The highest BCUT2D eigenvalue weighted by molar-refractivity contribution is 6.34. The van der Waals surface area contributed by atoms with Gasteiger partial charge in [-0.2, -0.15) is 22.0 Å². The molecule has 0 radical (unpaired) electrons. The van der Waals surface area contributed by atoms with Crippen molar-refractivity contribution in [3.8, 4) is 0 Å². The molecule has 0 fully saturated rings. The minimum atomic E-state index is -5.00. The van der Waals surface area contributed by atoms with Crippen molar-refractivity contribution in [3.63, 3.8) is 0 Å². The summed E-state index contributed by atoms with van der Waals surface area (Å²) in [6.45, 7) is 0.507. The van der Waals surface area contributed by atoms with Crippen LogP contribution in [0.25, 0.3) is 0 Å². The van der Waals surface area contributed by atoms with Gasteiger partial charge in [-0.25, -0.2) is 0 Å². The van der Waals surface area contributed by atoms with Gasteiger partial charge in [0.25, 0.3) is 5.91 Å². The number of hydrogen-bond acceptors (Lipinski definition) is 4. The molecule has 0 aliphatic rings. The van der Waals surface area contributed by atoms with E-state index in [1.54, 1.807) is 60.7 Å². The summed E-state index contributed by atoms with van der Waals surface area (Å²) in [4.78, 5) is 51.7. The maximum Gasteiger partial charge on any atom is 0.405 e. The molecule has 0 saturated heterocycles. The van der Waals surface area contributed by atoms with Crippen molar-refractivity contribution in [3.05, 3.63) is 106 Å². The maximum atomic E-state index is 14.7. The van der Waals surface area contributed by atoms with Gasteiger partial charge in [-0.1, -0.05) is 97.7 Å². The van der Waals surface area contributed by atoms with Crippen LogP contribution in [0.15, 0.2) is 78.9 Å². The summed E-state index contributed by atoms with van der Waals surface area (Å²) in [5.41, 5.74) is 1.57. The number of ketones is 1. The number of amides is 3. The first-order valence-electron chi connectivity index (χ1n) is 13.9. The summed E-state index contributed by atoms with van der Waals surface area (Å²) in [7, 11) is 0. The Bertz CT molecular complexity index is 1520. The zero-order chi connectivity index (χ0) is 34.2. The largest absolute Gasteiger partial charge is 0.405 e. The number of Topliss-reactive ketones (excluding diaryl/α,β-unsaturated/α-hetero) is 1. The van der Waals surface area contributed by atoms with Gasteiger partial charge in [0.15, 0.2) is 0 Å². The second-order valence-corrected chi connectivity index (χ2v) is 11.6. The average molecular weight is 687 g/mol. The topological polar surface area (TPSA) is 104 Å². The van der Waals surface area contributed by atoms with Crippen LogP contribution >= 0.6 is 23.2 Å². The Morgan fingerprint density at radius 3 is 1.76 bits per heavy atom. The molecular weight excluding hydrogens is 656 g/mol. The van der Waals surface area contributed by atoms with Crippen LogP contribution in [0.3, 0.4) is 0 Å². The van der Waals surface area contributed by atoms with Gasteiger partial charge in [-0.15, -0.1) is 0 Å². The summed E-state index contributed by atoms with van der Waals surface area (Å²) in [5, 5.41) is 6.42. The number of carbonyl (C=O) groups excluding carboxylic acids is 4. The Kier molecular flexibility index (Phi) is 12.3. The minimum absolute atomic E-state index is 0.207. The van der Waals surface area contributed by atoms with Crippen LogP contribution in [-0.2, 0) is 19.2 Å². The van der Waals surface area contributed by atoms with E-state index in [9.17, 15) is 41.1 Å². The van der Waals surface area contributed by atoms with Gasteiger partial charge in [-0.3, -0.25) is 19.2 Å². The lowest BCUT2D eigenvalue weighted by molar-refractivity contribution is -0.165. The standard InChI is InChI=1S/C32H30Cl2F5N3O4/c1-18(2)26(28(44)32(38,39)30(46)40-17-31(35,36)37)42-29(45)27(20-11-7-4-8-12-20)41-25(43)16-24(19-9-5-3-6-10-19)21-13-22(33)15-23(34)14-21/h3-15,18,24,26-27H,16-17H2,1-2H3,(H,40,46)(H,41,43)(H,42,45)/t24-,26-,27-/m0/s1.